The van der Waals surface area contributed by atoms with Crippen molar-refractivity contribution in [1.82, 2.24) is 20.3 Å². The van der Waals surface area contributed by atoms with Crippen molar-refractivity contribution in [3.05, 3.63) is 24.3 Å². The van der Waals surface area contributed by atoms with E-state index in [1.165, 1.54) is 25.7 Å². The fourth-order valence-electron chi connectivity index (χ4n) is 2.01. The largest absolute Gasteiger partial charge is 0.348 e. The molecule has 1 fully saturated rings. The quantitative estimate of drug-likeness (QED) is 0.509. The number of nitrogens with one attached hydrogen (secondary N) is 1. The Balaban J connectivity index is 1.91. The molecule has 6 heteroatoms. The zero-order valence-corrected chi connectivity index (χ0v) is 12.0. The SMILES string of the molecule is C/C(=N/NC(=S)N1CCCCCC1)c1ncccn1. The molecular weight excluding hydrogens is 258 g/mol. The molecule has 19 heavy (non-hydrogen) atoms. The lowest BCUT2D eigenvalue weighted by Gasteiger charge is -2.22. The van der Waals surface area contributed by atoms with E-state index in [1.54, 1.807) is 18.5 Å². The van der Waals surface area contributed by atoms with E-state index in [9.17, 15) is 0 Å². The lowest BCUT2D eigenvalue weighted by molar-refractivity contribution is 0.428. The summed E-state index contributed by atoms with van der Waals surface area (Å²) in [5.41, 5.74) is 3.68. The lowest BCUT2D eigenvalue weighted by atomic mass is 10.2. The molecule has 0 unspecified atom stereocenters. The van der Waals surface area contributed by atoms with Gasteiger partial charge in [0, 0.05) is 25.5 Å². The van der Waals surface area contributed by atoms with Crippen LogP contribution >= 0.6 is 12.2 Å². The zero-order valence-electron chi connectivity index (χ0n) is 11.2. The molecule has 102 valence electrons. The maximum atomic E-state index is 5.37. The molecule has 1 aliphatic rings. The van der Waals surface area contributed by atoms with Gasteiger partial charge in [-0.05, 0) is 38.0 Å². The van der Waals surface area contributed by atoms with Gasteiger partial charge in [-0.2, -0.15) is 5.10 Å². The van der Waals surface area contributed by atoms with E-state index >= 15 is 0 Å². The van der Waals surface area contributed by atoms with Crippen LogP contribution in [0.5, 0.6) is 0 Å². The van der Waals surface area contributed by atoms with Crippen molar-refractivity contribution >= 4 is 23.0 Å². The van der Waals surface area contributed by atoms with Crippen LogP contribution in [0, 0.1) is 0 Å². The normalized spacial score (nSPS) is 16.9. The van der Waals surface area contributed by atoms with E-state index in [1.807, 2.05) is 6.92 Å². The number of nitrogens with zero attached hydrogens (tertiary/aromatic N) is 4. The highest BCUT2D eigenvalue weighted by atomic mass is 32.1. The topological polar surface area (TPSA) is 53.4 Å². The Bertz CT molecular complexity index is 438. The van der Waals surface area contributed by atoms with Gasteiger partial charge in [-0.15, -0.1) is 0 Å². The minimum atomic E-state index is 0.619. The molecule has 1 N–H and O–H groups in total. The molecule has 5 nitrogen and oxygen atoms in total. The Morgan fingerprint density at radius 2 is 1.84 bits per heavy atom. The van der Waals surface area contributed by atoms with E-state index in [-0.39, 0.29) is 0 Å². The maximum absolute atomic E-state index is 5.37. The lowest BCUT2D eigenvalue weighted by Crippen LogP contribution is -2.38. The maximum Gasteiger partial charge on any atom is 0.189 e. The van der Waals surface area contributed by atoms with Crippen molar-refractivity contribution in [2.24, 2.45) is 5.10 Å². The van der Waals surface area contributed by atoms with Crippen LogP contribution in [-0.2, 0) is 0 Å². The molecule has 1 aliphatic heterocycles. The van der Waals surface area contributed by atoms with Crippen molar-refractivity contribution < 1.29 is 0 Å². The Morgan fingerprint density at radius 3 is 2.47 bits per heavy atom. The summed E-state index contributed by atoms with van der Waals surface area (Å²) in [5.74, 6) is 0.619. The molecule has 2 rings (SSSR count). The van der Waals surface area contributed by atoms with Crippen LogP contribution in [0.4, 0.5) is 0 Å². The van der Waals surface area contributed by atoms with Gasteiger partial charge in [0.05, 0.1) is 0 Å². The number of likely N-dealkylation sites (tertiary alicyclic amines) is 1. The summed E-state index contributed by atoms with van der Waals surface area (Å²) in [5, 5.41) is 4.95. The Labute approximate surface area is 119 Å². The van der Waals surface area contributed by atoms with Crippen LogP contribution < -0.4 is 5.43 Å². The first-order valence-electron chi connectivity index (χ1n) is 6.64. The van der Waals surface area contributed by atoms with Crippen LogP contribution in [-0.4, -0.2) is 38.8 Å². The third-order valence-corrected chi connectivity index (χ3v) is 3.45. The van der Waals surface area contributed by atoms with E-state index in [4.69, 9.17) is 12.2 Å². The Hall–Kier alpha value is -1.56. The summed E-state index contributed by atoms with van der Waals surface area (Å²) in [6, 6.07) is 1.78. The fourth-order valence-corrected chi connectivity index (χ4v) is 2.24. The predicted molar refractivity (Wildman–Crippen MR) is 80.0 cm³/mol. The predicted octanol–water partition coefficient (Wildman–Crippen LogP) is 1.95. The van der Waals surface area contributed by atoms with Crippen LogP contribution in [0.15, 0.2) is 23.6 Å². The second-order valence-corrected chi connectivity index (χ2v) is 4.97. The third kappa shape index (κ3) is 4.24. The molecule has 0 aliphatic carbocycles. The van der Waals surface area contributed by atoms with Gasteiger partial charge in [0.25, 0.3) is 0 Å². The van der Waals surface area contributed by atoms with E-state index < -0.39 is 0 Å². The number of hydrogen-bond acceptors (Lipinski definition) is 4. The molecule has 2 heterocycles. The average molecular weight is 277 g/mol. The van der Waals surface area contributed by atoms with Gasteiger partial charge < -0.3 is 4.90 Å². The van der Waals surface area contributed by atoms with Gasteiger partial charge in [0.15, 0.2) is 10.9 Å². The van der Waals surface area contributed by atoms with Gasteiger partial charge in [0.2, 0.25) is 0 Å². The molecule has 0 bridgehead atoms. The van der Waals surface area contributed by atoms with E-state index in [0.29, 0.717) is 10.9 Å². The molecule has 0 aromatic carbocycles. The first-order chi connectivity index (χ1) is 9.27. The Kier molecular flexibility index (Phi) is 5.20. The molecule has 0 amide bonds. The number of rotatable bonds is 2. The van der Waals surface area contributed by atoms with Gasteiger partial charge in [-0.3, -0.25) is 5.43 Å². The Morgan fingerprint density at radius 1 is 1.21 bits per heavy atom. The molecular formula is C13H19N5S. The van der Waals surface area contributed by atoms with E-state index in [2.05, 4.69) is 25.4 Å². The number of aromatic nitrogens is 2. The second kappa shape index (κ2) is 7.13. The minimum absolute atomic E-state index is 0.619. The highest BCUT2D eigenvalue weighted by Gasteiger charge is 2.11. The number of hydrogen-bond donors (Lipinski definition) is 1. The summed E-state index contributed by atoms with van der Waals surface area (Å²) in [7, 11) is 0. The standard InChI is InChI=1S/C13H19N5S/c1-11(12-14-7-6-8-15-12)16-17-13(19)18-9-4-2-3-5-10-18/h6-8H,2-5,9-10H2,1H3,(H,17,19)/b16-11-. The summed E-state index contributed by atoms with van der Waals surface area (Å²) in [4.78, 5) is 10.5. The summed E-state index contributed by atoms with van der Waals surface area (Å²) >= 11 is 5.37. The highest BCUT2D eigenvalue weighted by molar-refractivity contribution is 7.80. The summed E-state index contributed by atoms with van der Waals surface area (Å²) < 4.78 is 0. The molecule has 1 saturated heterocycles. The van der Waals surface area contributed by atoms with Gasteiger partial charge in [0.1, 0.15) is 5.71 Å². The van der Waals surface area contributed by atoms with Gasteiger partial charge >= 0.3 is 0 Å². The number of thiocarbonyl (C=S) groups is 1. The van der Waals surface area contributed by atoms with Crippen molar-refractivity contribution in [2.75, 3.05) is 13.1 Å². The van der Waals surface area contributed by atoms with Crippen molar-refractivity contribution in [2.45, 2.75) is 32.6 Å². The molecule has 0 spiro atoms. The first kappa shape index (κ1) is 13.9. The summed E-state index contributed by atoms with van der Waals surface area (Å²) in [6.07, 6.45) is 8.39. The van der Waals surface area contributed by atoms with Crippen LogP contribution in [0.25, 0.3) is 0 Å². The van der Waals surface area contributed by atoms with Crippen molar-refractivity contribution in [1.29, 1.82) is 0 Å². The van der Waals surface area contributed by atoms with E-state index in [0.717, 1.165) is 18.8 Å². The zero-order chi connectivity index (χ0) is 13.5. The van der Waals surface area contributed by atoms with Crippen molar-refractivity contribution in [3.8, 4) is 0 Å². The second-order valence-electron chi connectivity index (χ2n) is 4.59. The molecule has 0 radical (unpaired) electrons. The average Bonchev–Trinajstić information content (AvgIpc) is 2.74. The molecule has 0 saturated carbocycles. The van der Waals surface area contributed by atoms with Crippen LogP contribution in [0.2, 0.25) is 0 Å². The molecule has 1 aromatic rings. The molecule has 0 atom stereocenters. The summed E-state index contributed by atoms with van der Waals surface area (Å²) in [6.45, 7) is 3.90. The highest BCUT2D eigenvalue weighted by Crippen LogP contribution is 2.09. The van der Waals surface area contributed by atoms with Gasteiger partial charge in [-0.1, -0.05) is 12.8 Å². The number of hydrazone groups is 1. The smallest absolute Gasteiger partial charge is 0.189 e. The van der Waals surface area contributed by atoms with Crippen LogP contribution in [0.3, 0.4) is 0 Å². The molecule has 1 aromatic heterocycles. The fraction of sp³-hybridized carbons (Fsp3) is 0.538. The third-order valence-electron chi connectivity index (χ3n) is 3.10. The minimum Gasteiger partial charge on any atom is -0.348 e. The monoisotopic (exact) mass is 277 g/mol. The van der Waals surface area contributed by atoms with Crippen LogP contribution in [0.1, 0.15) is 38.4 Å². The van der Waals surface area contributed by atoms with Gasteiger partial charge in [-0.25, -0.2) is 9.97 Å². The van der Waals surface area contributed by atoms with Crippen molar-refractivity contribution in [3.63, 3.8) is 0 Å². The first-order valence-corrected chi connectivity index (χ1v) is 7.05.